The largest absolute Gasteiger partial charge is 0.380 e. The molecule has 1 aliphatic rings. The summed E-state index contributed by atoms with van der Waals surface area (Å²) in [4.78, 5) is 0. The van der Waals surface area contributed by atoms with Crippen LogP contribution in [-0.2, 0) is 4.74 Å². The molecule has 0 saturated heterocycles. The summed E-state index contributed by atoms with van der Waals surface area (Å²) in [5.74, 6) is 1.26. The van der Waals surface area contributed by atoms with Gasteiger partial charge in [-0.15, -0.1) is 0 Å². The summed E-state index contributed by atoms with van der Waals surface area (Å²) in [6.45, 7) is 8.28. The van der Waals surface area contributed by atoms with Crippen LogP contribution in [-0.4, -0.2) is 25.3 Å². The number of hydrogen-bond donors (Lipinski definition) is 1. The van der Waals surface area contributed by atoms with Crippen molar-refractivity contribution in [3.8, 4) is 0 Å². The van der Waals surface area contributed by atoms with Crippen molar-refractivity contribution in [2.45, 2.75) is 64.5 Å². The molecule has 2 rings (SSSR count). The summed E-state index contributed by atoms with van der Waals surface area (Å²) >= 11 is 0. The van der Waals surface area contributed by atoms with Gasteiger partial charge in [0, 0.05) is 18.7 Å². The molecular formula is C19H31NO. The number of ether oxygens (including phenoxy) is 1. The highest BCUT2D eigenvalue weighted by Crippen LogP contribution is 2.33. The lowest BCUT2D eigenvalue weighted by Crippen LogP contribution is -2.47. The highest BCUT2D eigenvalue weighted by molar-refractivity contribution is 5.22. The molecule has 0 amide bonds. The van der Waals surface area contributed by atoms with Gasteiger partial charge < -0.3 is 10.1 Å². The third kappa shape index (κ3) is 4.82. The molecule has 0 radical (unpaired) electrons. The van der Waals surface area contributed by atoms with Crippen LogP contribution in [0.3, 0.4) is 0 Å². The van der Waals surface area contributed by atoms with E-state index in [4.69, 9.17) is 4.74 Å². The summed E-state index contributed by atoms with van der Waals surface area (Å²) in [6, 6.07) is 12.1. The highest BCUT2D eigenvalue weighted by atomic mass is 16.5. The van der Waals surface area contributed by atoms with Gasteiger partial charge in [-0.2, -0.15) is 0 Å². The van der Waals surface area contributed by atoms with Crippen LogP contribution in [0.15, 0.2) is 30.3 Å². The Bertz CT molecular complexity index is 390. The molecule has 2 heteroatoms. The van der Waals surface area contributed by atoms with Crippen molar-refractivity contribution in [3.05, 3.63) is 35.9 Å². The molecule has 0 aromatic heterocycles. The fraction of sp³-hybridized carbons (Fsp3) is 0.684. The Morgan fingerprint density at radius 1 is 1.14 bits per heavy atom. The lowest BCUT2D eigenvalue weighted by molar-refractivity contribution is 0.0981. The van der Waals surface area contributed by atoms with E-state index in [9.17, 15) is 0 Å². The minimum atomic E-state index is 0.458. The first kappa shape index (κ1) is 16.5. The number of nitrogens with one attached hydrogen (secondary N) is 1. The second-order valence-corrected chi connectivity index (χ2v) is 6.58. The summed E-state index contributed by atoms with van der Waals surface area (Å²) in [7, 11) is 0. The lowest BCUT2D eigenvalue weighted by atomic mass is 9.79. The molecule has 21 heavy (non-hydrogen) atoms. The fourth-order valence-corrected chi connectivity index (χ4v) is 3.38. The molecule has 3 unspecified atom stereocenters. The topological polar surface area (TPSA) is 21.3 Å². The van der Waals surface area contributed by atoms with Crippen molar-refractivity contribution >= 4 is 0 Å². The van der Waals surface area contributed by atoms with E-state index < -0.39 is 0 Å². The van der Waals surface area contributed by atoms with E-state index in [0.717, 1.165) is 13.2 Å². The molecular weight excluding hydrogens is 258 g/mol. The van der Waals surface area contributed by atoms with Gasteiger partial charge >= 0.3 is 0 Å². The Hall–Kier alpha value is -0.860. The first-order chi connectivity index (χ1) is 10.2. The predicted molar refractivity (Wildman–Crippen MR) is 89.7 cm³/mol. The van der Waals surface area contributed by atoms with Gasteiger partial charge in [0.05, 0.1) is 6.61 Å². The van der Waals surface area contributed by atoms with Crippen LogP contribution in [0.2, 0.25) is 0 Å². The second kappa shape index (κ2) is 8.55. The zero-order valence-electron chi connectivity index (χ0n) is 13.8. The minimum Gasteiger partial charge on any atom is -0.380 e. The van der Waals surface area contributed by atoms with Crippen molar-refractivity contribution in [1.29, 1.82) is 0 Å². The van der Waals surface area contributed by atoms with E-state index in [-0.39, 0.29) is 0 Å². The smallest absolute Gasteiger partial charge is 0.0622 e. The Balaban J connectivity index is 2.04. The molecule has 1 aromatic carbocycles. The van der Waals surface area contributed by atoms with Crippen LogP contribution in [0.5, 0.6) is 0 Å². The second-order valence-electron chi connectivity index (χ2n) is 6.58. The number of hydrogen-bond acceptors (Lipinski definition) is 2. The average molecular weight is 289 g/mol. The van der Waals surface area contributed by atoms with Crippen LogP contribution < -0.4 is 5.32 Å². The van der Waals surface area contributed by atoms with Gasteiger partial charge in [-0.1, -0.05) is 57.0 Å². The zero-order valence-corrected chi connectivity index (χ0v) is 13.8. The molecule has 1 aliphatic carbocycles. The Kier molecular flexibility index (Phi) is 6.72. The molecule has 0 bridgehead atoms. The molecule has 1 saturated carbocycles. The molecule has 1 fully saturated rings. The number of benzene rings is 1. The van der Waals surface area contributed by atoms with Crippen molar-refractivity contribution in [2.75, 3.05) is 13.2 Å². The molecule has 0 aliphatic heterocycles. The first-order valence-electron chi connectivity index (χ1n) is 8.61. The first-order valence-corrected chi connectivity index (χ1v) is 8.61. The van der Waals surface area contributed by atoms with Gasteiger partial charge in [-0.3, -0.25) is 0 Å². The van der Waals surface area contributed by atoms with E-state index in [0.29, 0.717) is 23.9 Å². The van der Waals surface area contributed by atoms with Crippen LogP contribution in [0, 0.1) is 5.92 Å². The molecule has 3 atom stereocenters. The van der Waals surface area contributed by atoms with E-state index in [1.165, 1.54) is 31.2 Å². The molecule has 1 aromatic rings. The Morgan fingerprint density at radius 3 is 2.52 bits per heavy atom. The van der Waals surface area contributed by atoms with Crippen molar-refractivity contribution in [2.24, 2.45) is 5.92 Å². The van der Waals surface area contributed by atoms with Crippen LogP contribution in [0.4, 0.5) is 0 Å². The van der Waals surface area contributed by atoms with Crippen molar-refractivity contribution in [1.82, 2.24) is 5.32 Å². The van der Waals surface area contributed by atoms with Crippen LogP contribution in [0.1, 0.15) is 57.9 Å². The summed E-state index contributed by atoms with van der Waals surface area (Å²) in [5.41, 5.74) is 1.49. The van der Waals surface area contributed by atoms with Crippen LogP contribution >= 0.6 is 0 Å². The predicted octanol–water partition coefficient (Wildman–Crippen LogP) is 4.36. The quantitative estimate of drug-likeness (QED) is 0.805. The van der Waals surface area contributed by atoms with Gasteiger partial charge in [0.1, 0.15) is 0 Å². The molecule has 118 valence electrons. The third-order valence-electron chi connectivity index (χ3n) is 4.73. The zero-order chi connectivity index (χ0) is 15.1. The maximum atomic E-state index is 5.68. The van der Waals surface area contributed by atoms with Crippen molar-refractivity contribution < 1.29 is 4.74 Å². The van der Waals surface area contributed by atoms with E-state index in [1.54, 1.807) is 0 Å². The highest BCUT2D eigenvalue weighted by Gasteiger charge is 2.29. The third-order valence-corrected chi connectivity index (χ3v) is 4.73. The van der Waals surface area contributed by atoms with Gasteiger partial charge in [0.25, 0.3) is 0 Å². The fourth-order valence-electron chi connectivity index (χ4n) is 3.38. The maximum absolute atomic E-state index is 5.68. The molecule has 0 spiro atoms. The summed E-state index contributed by atoms with van der Waals surface area (Å²) in [6.07, 6.45) is 5.30. The lowest BCUT2D eigenvalue weighted by Gasteiger charge is -2.36. The SMILES string of the molecule is CCOCC(NC1CCCCC1c1ccccc1)C(C)C. The Labute approximate surface area is 130 Å². The normalized spacial score (nSPS) is 24.2. The van der Waals surface area contributed by atoms with E-state index >= 15 is 0 Å². The average Bonchev–Trinajstić information content (AvgIpc) is 2.52. The summed E-state index contributed by atoms with van der Waals surface area (Å²) in [5, 5.41) is 3.91. The Morgan fingerprint density at radius 2 is 1.86 bits per heavy atom. The van der Waals surface area contributed by atoms with E-state index in [1.807, 2.05) is 0 Å². The molecule has 2 nitrogen and oxygen atoms in total. The standard InChI is InChI=1S/C19H31NO/c1-4-21-14-19(15(2)3)20-18-13-9-8-12-17(18)16-10-6-5-7-11-16/h5-7,10-11,15,17-20H,4,8-9,12-14H2,1-3H3. The number of rotatable bonds is 7. The van der Waals surface area contributed by atoms with Gasteiger partial charge in [0.2, 0.25) is 0 Å². The van der Waals surface area contributed by atoms with Gasteiger partial charge in [0.15, 0.2) is 0 Å². The van der Waals surface area contributed by atoms with Gasteiger partial charge in [-0.05, 0) is 37.2 Å². The van der Waals surface area contributed by atoms with Crippen LogP contribution in [0.25, 0.3) is 0 Å². The van der Waals surface area contributed by atoms with Gasteiger partial charge in [-0.25, -0.2) is 0 Å². The molecule has 1 N–H and O–H groups in total. The summed E-state index contributed by atoms with van der Waals surface area (Å²) < 4.78 is 5.68. The minimum absolute atomic E-state index is 0.458. The maximum Gasteiger partial charge on any atom is 0.0622 e. The van der Waals surface area contributed by atoms with Crippen molar-refractivity contribution in [3.63, 3.8) is 0 Å². The monoisotopic (exact) mass is 289 g/mol. The van der Waals surface area contributed by atoms with E-state index in [2.05, 4.69) is 56.4 Å². The molecule has 0 heterocycles.